The van der Waals surface area contributed by atoms with Crippen LogP contribution < -0.4 is 4.74 Å². The van der Waals surface area contributed by atoms with Gasteiger partial charge in [0, 0.05) is 33.7 Å². The Morgan fingerprint density at radius 3 is 2.30 bits per heavy atom. The van der Waals surface area contributed by atoms with Crippen LogP contribution >= 0.6 is 31.9 Å². The molecule has 0 amide bonds. The average molecular weight is 407 g/mol. The Hall–Kier alpha value is -0.0900. The Morgan fingerprint density at radius 2 is 1.85 bits per heavy atom. The fourth-order valence-electron chi connectivity index (χ4n) is 2.78. The standard InChI is InChI=1S/C16H25Br2NO/c1-11(2)6-16(9-17,10-18)7-14-13(4)15(20-5)12(3)8-19-14/h8,11H,6-7,9-10H2,1-5H3. The predicted molar refractivity (Wildman–Crippen MR) is 93.4 cm³/mol. The van der Waals surface area contributed by atoms with Crippen molar-refractivity contribution in [3.05, 3.63) is 23.0 Å². The van der Waals surface area contributed by atoms with Crippen molar-refractivity contribution in [2.75, 3.05) is 17.8 Å². The summed E-state index contributed by atoms with van der Waals surface area (Å²) < 4.78 is 5.52. The SMILES string of the molecule is COc1c(C)cnc(CC(CBr)(CBr)CC(C)C)c1C. The van der Waals surface area contributed by atoms with Crippen molar-refractivity contribution in [1.82, 2.24) is 4.98 Å². The molecule has 0 aromatic carbocycles. The highest BCUT2D eigenvalue weighted by Gasteiger charge is 2.31. The molecule has 0 atom stereocenters. The average Bonchev–Trinajstić information content (AvgIpc) is 2.41. The Morgan fingerprint density at radius 1 is 1.25 bits per heavy atom. The molecule has 2 nitrogen and oxygen atoms in total. The van der Waals surface area contributed by atoms with Crippen molar-refractivity contribution in [2.45, 2.75) is 40.5 Å². The second kappa shape index (κ2) is 7.79. The van der Waals surface area contributed by atoms with Gasteiger partial charge in [0.1, 0.15) is 5.75 Å². The van der Waals surface area contributed by atoms with Gasteiger partial charge in [0.05, 0.1) is 7.11 Å². The molecule has 0 bridgehead atoms. The van der Waals surface area contributed by atoms with E-state index in [0.29, 0.717) is 5.92 Å². The zero-order valence-electron chi connectivity index (χ0n) is 13.1. The summed E-state index contributed by atoms with van der Waals surface area (Å²) in [6.45, 7) is 8.70. The number of methoxy groups -OCH3 is 1. The highest BCUT2D eigenvalue weighted by Crippen LogP contribution is 2.36. The topological polar surface area (TPSA) is 22.1 Å². The van der Waals surface area contributed by atoms with Crippen LogP contribution in [0.3, 0.4) is 0 Å². The van der Waals surface area contributed by atoms with Gasteiger partial charge in [-0.25, -0.2) is 0 Å². The molecule has 20 heavy (non-hydrogen) atoms. The summed E-state index contributed by atoms with van der Waals surface area (Å²) in [7, 11) is 1.73. The van der Waals surface area contributed by atoms with E-state index >= 15 is 0 Å². The third-order valence-electron chi connectivity index (χ3n) is 3.70. The van der Waals surface area contributed by atoms with E-state index in [9.17, 15) is 0 Å². The van der Waals surface area contributed by atoms with Crippen LogP contribution in [0.4, 0.5) is 0 Å². The largest absolute Gasteiger partial charge is 0.496 e. The molecule has 0 saturated carbocycles. The van der Waals surface area contributed by atoms with Crippen LogP contribution in [0, 0.1) is 25.2 Å². The van der Waals surface area contributed by atoms with Crippen LogP contribution in [0.2, 0.25) is 0 Å². The monoisotopic (exact) mass is 405 g/mol. The van der Waals surface area contributed by atoms with Crippen molar-refractivity contribution in [3.8, 4) is 5.75 Å². The zero-order valence-corrected chi connectivity index (χ0v) is 16.3. The number of rotatable bonds is 7. The molecule has 0 saturated heterocycles. The van der Waals surface area contributed by atoms with Gasteiger partial charge in [-0.2, -0.15) is 0 Å². The minimum absolute atomic E-state index is 0.201. The molecular weight excluding hydrogens is 382 g/mol. The summed E-state index contributed by atoms with van der Waals surface area (Å²) in [5.74, 6) is 1.63. The van der Waals surface area contributed by atoms with Crippen LogP contribution in [-0.2, 0) is 6.42 Å². The molecule has 0 N–H and O–H groups in total. The summed E-state index contributed by atoms with van der Waals surface area (Å²) in [6, 6.07) is 0. The fourth-order valence-corrected chi connectivity index (χ4v) is 4.56. The molecule has 0 fully saturated rings. The molecule has 0 spiro atoms. The van der Waals surface area contributed by atoms with Crippen LogP contribution in [0.1, 0.15) is 37.1 Å². The molecule has 0 aliphatic carbocycles. The van der Waals surface area contributed by atoms with Crippen LogP contribution in [0.5, 0.6) is 5.75 Å². The summed E-state index contributed by atoms with van der Waals surface area (Å²) in [6.07, 6.45) is 4.05. The van der Waals surface area contributed by atoms with E-state index in [1.807, 2.05) is 13.1 Å². The van der Waals surface area contributed by atoms with E-state index in [-0.39, 0.29) is 5.41 Å². The van der Waals surface area contributed by atoms with Gasteiger partial charge in [-0.05, 0) is 38.0 Å². The Kier molecular flexibility index (Phi) is 6.99. The molecule has 0 aliphatic rings. The van der Waals surface area contributed by atoms with Gasteiger partial charge < -0.3 is 4.74 Å². The third kappa shape index (κ3) is 4.20. The smallest absolute Gasteiger partial charge is 0.128 e. The first-order valence-electron chi connectivity index (χ1n) is 7.00. The van der Waals surface area contributed by atoms with Crippen LogP contribution in [0.25, 0.3) is 0 Å². The molecule has 1 aromatic rings. The number of aryl methyl sites for hydroxylation is 1. The first kappa shape index (κ1) is 18.0. The van der Waals surface area contributed by atoms with Crippen molar-refractivity contribution in [3.63, 3.8) is 0 Å². The normalized spacial score (nSPS) is 12.0. The molecule has 1 heterocycles. The third-order valence-corrected chi connectivity index (χ3v) is 6.08. The highest BCUT2D eigenvalue weighted by molar-refractivity contribution is 9.09. The first-order valence-corrected chi connectivity index (χ1v) is 9.24. The molecular formula is C16H25Br2NO. The maximum absolute atomic E-state index is 5.52. The van der Waals surface area contributed by atoms with Gasteiger partial charge in [-0.3, -0.25) is 4.98 Å². The second-order valence-corrected chi connectivity index (χ2v) is 7.21. The molecule has 1 aromatic heterocycles. The quantitative estimate of drug-likeness (QED) is 0.589. The maximum Gasteiger partial charge on any atom is 0.128 e. The Bertz CT molecular complexity index is 442. The summed E-state index contributed by atoms with van der Waals surface area (Å²) in [4.78, 5) is 4.65. The fraction of sp³-hybridized carbons (Fsp3) is 0.688. The lowest BCUT2D eigenvalue weighted by Gasteiger charge is -2.32. The van der Waals surface area contributed by atoms with Gasteiger partial charge in [0.15, 0.2) is 0 Å². The Balaban J connectivity index is 3.12. The second-order valence-electron chi connectivity index (χ2n) is 6.09. The number of aromatic nitrogens is 1. The highest BCUT2D eigenvalue weighted by atomic mass is 79.9. The lowest BCUT2D eigenvalue weighted by Crippen LogP contribution is -2.30. The molecule has 1 rings (SSSR count). The molecule has 0 aliphatic heterocycles. The minimum Gasteiger partial charge on any atom is -0.496 e. The molecule has 4 heteroatoms. The summed E-state index contributed by atoms with van der Waals surface area (Å²) in [5, 5.41) is 1.95. The van der Waals surface area contributed by atoms with Crippen LogP contribution in [-0.4, -0.2) is 22.8 Å². The van der Waals surface area contributed by atoms with Gasteiger partial charge in [0.25, 0.3) is 0 Å². The molecule has 0 unspecified atom stereocenters. The zero-order chi connectivity index (χ0) is 15.3. The van der Waals surface area contributed by atoms with Gasteiger partial charge in [0.2, 0.25) is 0 Å². The van der Waals surface area contributed by atoms with Gasteiger partial charge >= 0.3 is 0 Å². The van der Waals surface area contributed by atoms with E-state index in [2.05, 4.69) is 57.6 Å². The van der Waals surface area contributed by atoms with Gasteiger partial charge in [-0.15, -0.1) is 0 Å². The number of hydrogen-bond donors (Lipinski definition) is 0. The van der Waals surface area contributed by atoms with E-state index in [4.69, 9.17) is 4.74 Å². The number of hydrogen-bond acceptors (Lipinski definition) is 2. The van der Waals surface area contributed by atoms with E-state index in [1.54, 1.807) is 7.11 Å². The number of pyridine rings is 1. The number of halogens is 2. The van der Waals surface area contributed by atoms with Crippen molar-refractivity contribution in [2.24, 2.45) is 11.3 Å². The van der Waals surface area contributed by atoms with Crippen molar-refractivity contribution < 1.29 is 4.74 Å². The molecule has 0 radical (unpaired) electrons. The molecule has 114 valence electrons. The van der Waals surface area contributed by atoms with E-state index < -0.39 is 0 Å². The Labute approximate surface area is 140 Å². The first-order chi connectivity index (χ1) is 9.39. The van der Waals surface area contributed by atoms with Crippen molar-refractivity contribution >= 4 is 31.9 Å². The number of alkyl halides is 2. The lowest BCUT2D eigenvalue weighted by atomic mass is 9.79. The van der Waals surface area contributed by atoms with Gasteiger partial charge in [-0.1, -0.05) is 45.7 Å². The van der Waals surface area contributed by atoms with E-state index in [1.165, 1.54) is 12.0 Å². The van der Waals surface area contributed by atoms with E-state index in [0.717, 1.165) is 34.1 Å². The van der Waals surface area contributed by atoms with Crippen molar-refractivity contribution in [1.29, 1.82) is 0 Å². The summed E-state index contributed by atoms with van der Waals surface area (Å²) >= 11 is 7.41. The number of ether oxygens (including phenoxy) is 1. The minimum atomic E-state index is 0.201. The lowest BCUT2D eigenvalue weighted by molar-refractivity contribution is 0.300. The van der Waals surface area contributed by atoms with Crippen LogP contribution in [0.15, 0.2) is 6.20 Å². The number of nitrogens with zero attached hydrogens (tertiary/aromatic N) is 1. The maximum atomic E-state index is 5.52. The predicted octanol–water partition coefficient (Wildman–Crippen LogP) is 5.07. The summed E-state index contributed by atoms with van der Waals surface area (Å²) in [5.41, 5.74) is 3.61.